The van der Waals surface area contributed by atoms with Crippen molar-refractivity contribution >= 4 is 11.6 Å². The predicted molar refractivity (Wildman–Crippen MR) is 46.9 cm³/mol. The van der Waals surface area contributed by atoms with Crippen LogP contribution in [0, 0.1) is 5.88 Å². The average Bonchev–Trinajstić information content (AvgIpc) is 2.07. The van der Waals surface area contributed by atoms with E-state index in [-0.39, 0.29) is 0 Å². The summed E-state index contributed by atoms with van der Waals surface area (Å²) < 4.78 is 5.25. The number of hydrogen-bond donors (Lipinski definition) is 0. The SMILES string of the molecule is CCOc1ccc([CH]Cl)cc1. The maximum atomic E-state index is 5.49. The van der Waals surface area contributed by atoms with Crippen LogP contribution in [0.1, 0.15) is 12.5 Å². The van der Waals surface area contributed by atoms with Crippen molar-refractivity contribution in [1.82, 2.24) is 0 Å². The number of ether oxygens (including phenoxy) is 1. The number of rotatable bonds is 3. The van der Waals surface area contributed by atoms with E-state index in [0.29, 0.717) is 6.61 Å². The third-order valence-corrected chi connectivity index (χ3v) is 1.57. The molecule has 11 heavy (non-hydrogen) atoms. The van der Waals surface area contributed by atoms with E-state index in [1.165, 1.54) is 5.88 Å². The predicted octanol–water partition coefficient (Wildman–Crippen LogP) is 2.83. The molecule has 59 valence electrons. The summed E-state index contributed by atoms with van der Waals surface area (Å²) >= 11 is 5.49. The van der Waals surface area contributed by atoms with Gasteiger partial charge in [0.25, 0.3) is 0 Å². The topological polar surface area (TPSA) is 9.23 Å². The summed E-state index contributed by atoms with van der Waals surface area (Å²) in [4.78, 5) is 0. The van der Waals surface area contributed by atoms with Gasteiger partial charge in [0.1, 0.15) is 5.75 Å². The first-order valence-corrected chi connectivity index (χ1v) is 3.96. The summed E-state index contributed by atoms with van der Waals surface area (Å²) in [7, 11) is 0. The molecule has 1 aromatic carbocycles. The van der Waals surface area contributed by atoms with Crippen molar-refractivity contribution in [1.29, 1.82) is 0 Å². The van der Waals surface area contributed by atoms with E-state index in [9.17, 15) is 0 Å². The van der Waals surface area contributed by atoms with Crippen molar-refractivity contribution in [3.8, 4) is 5.75 Å². The largest absolute Gasteiger partial charge is 0.494 e. The molecule has 0 aliphatic heterocycles. The molecule has 0 aromatic heterocycles. The Labute approximate surface area is 71.9 Å². The quantitative estimate of drug-likeness (QED) is 0.676. The fraction of sp³-hybridized carbons (Fsp3) is 0.222. The van der Waals surface area contributed by atoms with Gasteiger partial charge in [-0.3, -0.25) is 0 Å². The van der Waals surface area contributed by atoms with Crippen molar-refractivity contribution in [3.05, 3.63) is 35.7 Å². The van der Waals surface area contributed by atoms with Crippen LogP contribution >= 0.6 is 11.6 Å². The zero-order valence-corrected chi connectivity index (χ0v) is 7.14. The van der Waals surface area contributed by atoms with Crippen LogP contribution in [-0.4, -0.2) is 6.61 Å². The first kappa shape index (κ1) is 8.41. The molecule has 0 atom stereocenters. The summed E-state index contributed by atoms with van der Waals surface area (Å²) in [6, 6.07) is 7.63. The Kier molecular flexibility index (Phi) is 3.24. The Hall–Kier alpha value is -0.690. The molecule has 1 nitrogen and oxygen atoms in total. The summed E-state index contributed by atoms with van der Waals surface area (Å²) in [5, 5.41) is 0. The Balaban J connectivity index is 2.66. The zero-order valence-electron chi connectivity index (χ0n) is 6.38. The Morgan fingerprint density at radius 2 is 2.00 bits per heavy atom. The van der Waals surface area contributed by atoms with Gasteiger partial charge in [-0.05, 0) is 24.6 Å². The van der Waals surface area contributed by atoms with Crippen LogP contribution < -0.4 is 4.74 Å². The number of hydrogen-bond acceptors (Lipinski definition) is 1. The van der Waals surface area contributed by atoms with Crippen LogP contribution in [0.15, 0.2) is 24.3 Å². The molecule has 1 aromatic rings. The molecule has 0 N–H and O–H groups in total. The molecular weight excluding hydrogens is 160 g/mol. The van der Waals surface area contributed by atoms with E-state index in [0.717, 1.165) is 11.3 Å². The Morgan fingerprint density at radius 3 is 2.45 bits per heavy atom. The van der Waals surface area contributed by atoms with Crippen LogP contribution in [0.25, 0.3) is 0 Å². The second-order valence-corrected chi connectivity index (χ2v) is 2.33. The molecule has 0 fully saturated rings. The molecule has 1 rings (SSSR count). The zero-order chi connectivity index (χ0) is 8.10. The normalized spacial score (nSPS) is 9.64. The molecule has 0 saturated heterocycles. The lowest BCUT2D eigenvalue weighted by Gasteiger charge is -2.01. The van der Waals surface area contributed by atoms with Gasteiger partial charge in [0.15, 0.2) is 0 Å². The molecule has 1 radical (unpaired) electrons. The van der Waals surface area contributed by atoms with Crippen LogP contribution in [0.4, 0.5) is 0 Å². The average molecular weight is 170 g/mol. The van der Waals surface area contributed by atoms with Crippen molar-refractivity contribution < 1.29 is 4.74 Å². The molecular formula is C9H10ClO. The van der Waals surface area contributed by atoms with Crippen LogP contribution in [-0.2, 0) is 0 Å². The minimum absolute atomic E-state index is 0.698. The van der Waals surface area contributed by atoms with Crippen molar-refractivity contribution in [2.45, 2.75) is 6.92 Å². The van der Waals surface area contributed by atoms with E-state index in [4.69, 9.17) is 16.3 Å². The summed E-state index contributed by atoms with van der Waals surface area (Å²) in [5.74, 6) is 2.42. The molecule has 0 aliphatic rings. The Bertz CT molecular complexity index is 205. The highest BCUT2D eigenvalue weighted by Crippen LogP contribution is 2.13. The van der Waals surface area contributed by atoms with Crippen molar-refractivity contribution in [2.24, 2.45) is 0 Å². The Morgan fingerprint density at radius 1 is 1.36 bits per heavy atom. The second kappa shape index (κ2) is 4.24. The molecule has 2 heteroatoms. The van der Waals surface area contributed by atoms with Crippen molar-refractivity contribution in [2.75, 3.05) is 6.61 Å². The third kappa shape index (κ3) is 2.43. The van der Waals surface area contributed by atoms with Gasteiger partial charge in [-0.15, -0.1) is 11.6 Å². The standard InChI is InChI=1S/C9H10ClO/c1-2-11-9-5-3-8(7-10)4-6-9/h3-7H,2H2,1H3. The van der Waals surface area contributed by atoms with Crippen molar-refractivity contribution in [3.63, 3.8) is 0 Å². The fourth-order valence-corrected chi connectivity index (χ4v) is 0.949. The molecule has 0 amide bonds. The van der Waals surface area contributed by atoms with Gasteiger partial charge in [-0.2, -0.15) is 0 Å². The monoisotopic (exact) mass is 169 g/mol. The lowest BCUT2D eigenvalue weighted by molar-refractivity contribution is 0.340. The fourth-order valence-electron chi connectivity index (χ4n) is 0.803. The molecule has 0 unspecified atom stereocenters. The van der Waals surface area contributed by atoms with E-state index in [1.807, 2.05) is 31.2 Å². The maximum absolute atomic E-state index is 5.49. The van der Waals surface area contributed by atoms with Gasteiger partial charge >= 0.3 is 0 Å². The van der Waals surface area contributed by atoms with Crippen LogP contribution in [0.5, 0.6) is 5.75 Å². The summed E-state index contributed by atoms with van der Waals surface area (Å²) in [5.41, 5.74) is 0.995. The van der Waals surface area contributed by atoms with E-state index < -0.39 is 0 Å². The molecule has 0 heterocycles. The second-order valence-electron chi connectivity index (χ2n) is 2.11. The highest BCUT2D eigenvalue weighted by molar-refractivity contribution is 6.25. The molecule has 0 bridgehead atoms. The van der Waals surface area contributed by atoms with Crippen LogP contribution in [0.2, 0.25) is 0 Å². The lowest BCUT2D eigenvalue weighted by atomic mass is 10.2. The van der Waals surface area contributed by atoms with Crippen LogP contribution in [0.3, 0.4) is 0 Å². The highest BCUT2D eigenvalue weighted by Gasteiger charge is 1.91. The van der Waals surface area contributed by atoms with Gasteiger partial charge in [0, 0.05) is 0 Å². The first-order chi connectivity index (χ1) is 5.36. The van der Waals surface area contributed by atoms with Gasteiger partial charge in [0.05, 0.1) is 12.5 Å². The number of benzene rings is 1. The highest BCUT2D eigenvalue weighted by atomic mass is 35.5. The molecule has 0 spiro atoms. The lowest BCUT2D eigenvalue weighted by Crippen LogP contribution is -1.90. The third-order valence-electron chi connectivity index (χ3n) is 1.32. The van der Waals surface area contributed by atoms with Gasteiger partial charge in [-0.25, -0.2) is 0 Å². The van der Waals surface area contributed by atoms with Gasteiger partial charge < -0.3 is 4.74 Å². The maximum Gasteiger partial charge on any atom is 0.119 e. The van der Waals surface area contributed by atoms with E-state index in [2.05, 4.69) is 0 Å². The van der Waals surface area contributed by atoms with Gasteiger partial charge in [-0.1, -0.05) is 12.1 Å². The van der Waals surface area contributed by atoms with E-state index >= 15 is 0 Å². The molecule has 0 saturated carbocycles. The summed E-state index contributed by atoms with van der Waals surface area (Å²) in [6.07, 6.45) is 0. The number of halogens is 1. The minimum atomic E-state index is 0.698. The smallest absolute Gasteiger partial charge is 0.119 e. The minimum Gasteiger partial charge on any atom is -0.494 e. The first-order valence-electron chi connectivity index (χ1n) is 3.53. The molecule has 0 aliphatic carbocycles. The van der Waals surface area contributed by atoms with E-state index in [1.54, 1.807) is 0 Å². The summed E-state index contributed by atoms with van der Waals surface area (Å²) in [6.45, 7) is 2.66. The van der Waals surface area contributed by atoms with Gasteiger partial charge in [0.2, 0.25) is 0 Å².